The van der Waals surface area contributed by atoms with E-state index in [1.54, 1.807) is 24.3 Å². The third-order valence-electron chi connectivity index (χ3n) is 4.15. The van der Waals surface area contributed by atoms with Crippen LogP contribution in [-0.2, 0) is 16.1 Å². The van der Waals surface area contributed by atoms with Gasteiger partial charge in [0, 0.05) is 23.8 Å². The number of likely N-dealkylation sites (tertiary alicyclic amines) is 1. The van der Waals surface area contributed by atoms with Crippen molar-refractivity contribution in [1.29, 1.82) is 0 Å². The molecule has 0 unspecified atom stereocenters. The Hall–Kier alpha value is -2.03. The fraction of sp³-hybridized carbons (Fsp3) is 0.444. The molecule has 0 saturated carbocycles. The van der Waals surface area contributed by atoms with Crippen LogP contribution in [0.4, 0.5) is 5.69 Å². The largest absolute Gasteiger partial charge is 0.364 e. The molecule has 2 heterocycles. The molecule has 0 radical (unpaired) electrons. The molecule has 2 amide bonds. The molecule has 1 fully saturated rings. The quantitative estimate of drug-likeness (QED) is 0.792. The number of ether oxygens (including phenoxy) is 1. The van der Waals surface area contributed by atoms with Crippen molar-refractivity contribution in [1.82, 2.24) is 15.1 Å². The maximum absolute atomic E-state index is 12.2. The fourth-order valence-corrected chi connectivity index (χ4v) is 3.65. The Morgan fingerprint density at radius 3 is 2.70 bits per heavy atom. The van der Waals surface area contributed by atoms with Crippen molar-refractivity contribution in [3.8, 4) is 0 Å². The molecule has 0 aliphatic carbocycles. The van der Waals surface area contributed by atoms with Crippen LogP contribution in [0.5, 0.6) is 0 Å². The first-order chi connectivity index (χ1) is 13.1. The fourth-order valence-electron chi connectivity index (χ4n) is 2.79. The molecule has 144 valence electrons. The van der Waals surface area contributed by atoms with Crippen LogP contribution in [0.2, 0.25) is 5.02 Å². The number of carbonyl (C=O) groups is 2. The second kappa shape index (κ2) is 9.77. The van der Waals surface area contributed by atoms with Crippen LogP contribution in [0.25, 0.3) is 0 Å². The summed E-state index contributed by atoms with van der Waals surface area (Å²) < 4.78 is 5.47. The van der Waals surface area contributed by atoms with E-state index in [1.807, 2.05) is 4.90 Å². The average Bonchev–Trinajstić information content (AvgIpc) is 2.95. The van der Waals surface area contributed by atoms with Gasteiger partial charge in [-0.25, -0.2) is 0 Å². The van der Waals surface area contributed by atoms with Crippen molar-refractivity contribution in [2.45, 2.75) is 32.3 Å². The Morgan fingerprint density at radius 1 is 1.19 bits per heavy atom. The standard InChI is InChI=1S/C18H21ClN4O3S/c19-13-6-5-7-14(10-13)20-17(25)18-22-21-15(27-18)11-26-12-16(24)23-8-3-1-2-4-9-23/h5-7,10H,1-4,8-9,11-12H2,(H,20,25). The predicted molar refractivity (Wildman–Crippen MR) is 104 cm³/mol. The zero-order valence-electron chi connectivity index (χ0n) is 14.8. The highest BCUT2D eigenvalue weighted by atomic mass is 35.5. The lowest BCUT2D eigenvalue weighted by molar-refractivity contribution is -0.136. The van der Waals surface area contributed by atoms with Crippen molar-refractivity contribution in [3.63, 3.8) is 0 Å². The van der Waals surface area contributed by atoms with Gasteiger partial charge in [0.05, 0.1) is 0 Å². The number of hydrogen-bond acceptors (Lipinski definition) is 6. The third-order valence-corrected chi connectivity index (χ3v) is 5.28. The highest BCUT2D eigenvalue weighted by Crippen LogP contribution is 2.17. The van der Waals surface area contributed by atoms with Crippen LogP contribution < -0.4 is 5.32 Å². The lowest BCUT2D eigenvalue weighted by Gasteiger charge is -2.19. The zero-order chi connectivity index (χ0) is 19.1. The summed E-state index contributed by atoms with van der Waals surface area (Å²) in [5.41, 5.74) is 0.587. The van der Waals surface area contributed by atoms with E-state index < -0.39 is 0 Å². The molecular weight excluding hydrogens is 388 g/mol. The maximum Gasteiger partial charge on any atom is 0.286 e. The molecule has 0 spiro atoms. The molecule has 1 aromatic carbocycles. The lowest BCUT2D eigenvalue weighted by atomic mass is 10.2. The Balaban J connectivity index is 1.46. The van der Waals surface area contributed by atoms with Crippen LogP contribution in [-0.4, -0.2) is 46.6 Å². The molecule has 3 rings (SSSR count). The second-order valence-electron chi connectivity index (χ2n) is 6.25. The first-order valence-corrected chi connectivity index (χ1v) is 10.1. The molecule has 9 heteroatoms. The summed E-state index contributed by atoms with van der Waals surface area (Å²) >= 11 is 7.04. The Labute approximate surface area is 166 Å². The first kappa shape index (κ1) is 19.7. The minimum atomic E-state index is -0.360. The Kier molecular flexibility index (Phi) is 7.14. The van der Waals surface area contributed by atoms with Gasteiger partial charge in [-0.1, -0.05) is 41.8 Å². The number of amides is 2. The number of hydrogen-bond donors (Lipinski definition) is 1. The smallest absolute Gasteiger partial charge is 0.286 e. The van der Waals surface area contributed by atoms with Crippen LogP contribution in [0, 0.1) is 0 Å². The van der Waals surface area contributed by atoms with Crippen LogP contribution in [0.1, 0.15) is 40.5 Å². The minimum Gasteiger partial charge on any atom is -0.364 e. The number of anilines is 1. The molecule has 1 aliphatic heterocycles. The highest BCUT2D eigenvalue weighted by Gasteiger charge is 2.17. The number of benzene rings is 1. The second-order valence-corrected chi connectivity index (χ2v) is 7.75. The van der Waals surface area contributed by atoms with Gasteiger partial charge < -0.3 is 15.0 Å². The summed E-state index contributed by atoms with van der Waals surface area (Å²) in [6.45, 7) is 1.77. The van der Waals surface area contributed by atoms with Crippen molar-refractivity contribution < 1.29 is 14.3 Å². The van der Waals surface area contributed by atoms with Crippen molar-refractivity contribution in [3.05, 3.63) is 39.3 Å². The van der Waals surface area contributed by atoms with Crippen molar-refractivity contribution in [2.24, 2.45) is 0 Å². The van der Waals surface area contributed by atoms with Gasteiger partial charge in [-0.05, 0) is 31.0 Å². The topological polar surface area (TPSA) is 84.4 Å². The van der Waals surface area contributed by atoms with E-state index in [2.05, 4.69) is 15.5 Å². The van der Waals surface area contributed by atoms with Crippen LogP contribution in [0.3, 0.4) is 0 Å². The molecule has 1 aliphatic rings. The number of aromatic nitrogens is 2. The molecule has 1 saturated heterocycles. The highest BCUT2D eigenvalue weighted by molar-refractivity contribution is 7.13. The molecule has 27 heavy (non-hydrogen) atoms. The van der Waals surface area contributed by atoms with Crippen molar-refractivity contribution >= 4 is 40.4 Å². The number of rotatable bonds is 6. The van der Waals surface area contributed by atoms with Gasteiger partial charge in [-0.15, -0.1) is 10.2 Å². The summed E-state index contributed by atoms with van der Waals surface area (Å²) in [7, 11) is 0. The molecule has 0 atom stereocenters. The number of nitrogens with zero attached hydrogens (tertiary/aromatic N) is 3. The van der Waals surface area contributed by atoms with E-state index in [4.69, 9.17) is 16.3 Å². The van der Waals surface area contributed by atoms with Gasteiger partial charge in [0.25, 0.3) is 5.91 Å². The van der Waals surface area contributed by atoms with E-state index in [-0.39, 0.29) is 30.0 Å². The van der Waals surface area contributed by atoms with Gasteiger partial charge in [-0.3, -0.25) is 9.59 Å². The van der Waals surface area contributed by atoms with Gasteiger partial charge >= 0.3 is 0 Å². The maximum atomic E-state index is 12.2. The average molecular weight is 409 g/mol. The first-order valence-electron chi connectivity index (χ1n) is 8.86. The van der Waals surface area contributed by atoms with Gasteiger partial charge in [0.1, 0.15) is 18.2 Å². The SMILES string of the molecule is O=C(Nc1cccc(Cl)c1)c1nnc(COCC(=O)N2CCCCCC2)s1. The molecule has 2 aromatic rings. The molecule has 0 bridgehead atoms. The van der Waals surface area contributed by atoms with E-state index >= 15 is 0 Å². The Bertz CT molecular complexity index is 790. The lowest BCUT2D eigenvalue weighted by Crippen LogP contribution is -2.34. The minimum absolute atomic E-state index is 0.000313. The summed E-state index contributed by atoms with van der Waals surface area (Å²) in [5.74, 6) is -0.359. The molecular formula is C18H21ClN4O3S. The van der Waals surface area contributed by atoms with Crippen molar-refractivity contribution in [2.75, 3.05) is 25.0 Å². The van der Waals surface area contributed by atoms with Gasteiger partial charge in [-0.2, -0.15) is 0 Å². The van der Waals surface area contributed by atoms with E-state index in [0.29, 0.717) is 15.7 Å². The normalized spacial score (nSPS) is 14.6. The van der Waals surface area contributed by atoms with E-state index in [0.717, 1.165) is 37.3 Å². The van der Waals surface area contributed by atoms with E-state index in [9.17, 15) is 9.59 Å². The van der Waals surface area contributed by atoms with Crippen LogP contribution in [0.15, 0.2) is 24.3 Å². The summed E-state index contributed by atoms with van der Waals surface area (Å²) in [5, 5.41) is 11.9. The Morgan fingerprint density at radius 2 is 1.96 bits per heavy atom. The molecule has 1 aromatic heterocycles. The van der Waals surface area contributed by atoms with Gasteiger partial charge in [0.2, 0.25) is 10.9 Å². The predicted octanol–water partition coefficient (Wildman–Crippen LogP) is 3.36. The number of nitrogens with one attached hydrogen (secondary N) is 1. The van der Waals surface area contributed by atoms with Crippen LogP contribution >= 0.6 is 22.9 Å². The summed E-state index contributed by atoms with van der Waals surface area (Å²) in [6, 6.07) is 6.87. The zero-order valence-corrected chi connectivity index (χ0v) is 16.4. The number of carbonyl (C=O) groups excluding carboxylic acids is 2. The summed E-state index contributed by atoms with van der Waals surface area (Å²) in [4.78, 5) is 26.2. The van der Waals surface area contributed by atoms with Gasteiger partial charge in [0.15, 0.2) is 0 Å². The number of halogens is 1. The van der Waals surface area contributed by atoms with E-state index in [1.165, 1.54) is 12.8 Å². The summed E-state index contributed by atoms with van der Waals surface area (Å²) in [6.07, 6.45) is 4.45. The monoisotopic (exact) mass is 408 g/mol. The molecule has 1 N–H and O–H groups in total. The third kappa shape index (κ3) is 5.98. The molecule has 7 nitrogen and oxygen atoms in total.